The van der Waals surface area contributed by atoms with E-state index in [1.165, 1.54) is 33.3 Å². The molecule has 1 aliphatic rings. The topological polar surface area (TPSA) is 139 Å². The van der Waals surface area contributed by atoms with Gasteiger partial charge >= 0.3 is 5.63 Å². The van der Waals surface area contributed by atoms with Gasteiger partial charge in [-0.1, -0.05) is 6.07 Å². The van der Waals surface area contributed by atoms with Crippen molar-refractivity contribution in [3.8, 4) is 17.2 Å². The molecule has 9 heteroatoms. The van der Waals surface area contributed by atoms with Gasteiger partial charge in [0.2, 0.25) is 0 Å². The second-order valence-electron chi connectivity index (χ2n) is 9.52. The largest absolute Gasteiger partial charge is 0.507 e. The average Bonchev–Trinajstić information content (AvgIpc) is 2.85. The zero-order valence-electron chi connectivity index (χ0n) is 20.5. The molecule has 0 aliphatic carbocycles. The third-order valence-electron chi connectivity index (χ3n) is 7.29. The number of aromatic hydroxyl groups is 1. The Bertz CT molecular complexity index is 1570. The molecule has 0 bridgehead atoms. The number of ether oxygens (including phenoxy) is 3. The van der Waals surface area contributed by atoms with Gasteiger partial charge in [-0.2, -0.15) is 0 Å². The molecule has 1 aromatic heterocycles. The zero-order chi connectivity index (χ0) is 26.1. The van der Waals surface area contributed by atoms with Crippen LogP contribution < -0.4 is 15.1 Å². The number of methoxy groups -OCH3 is 2. The quantitative estimate of drug-likeness (QED) is 0.249. The number of aliphatic hydroxyl groups is 3. The van der Waals surface area contributed by atoms with Crippen molar-refractivity contribution in [2.45, 2.75) is 50.8 Å². The van der Waals surface area contributed by atoms with Crippen LogP contribution in [-0.2, 0) is 4.74 Å². The van der Waals surface area contributed by atoms with Crippen molar-refractivity contribution in [3.63, 3.8) is 0 Å². The molecule has 0 saturated carbocycles. The first-order chi connectivity index (χ1) is 17.0. The van der Waals surface area contributed by atoms with Crippen LogP contribution in [-0.4, -0.2) is 58.6 Å². The lowest BCUT2D eigenvalue weighted by Crippen LogP contribution is -2.61. The third kappa shape index (κ3) is 3.35. The van der Waals surface area contributed by atoms with Crippen LogP contribution in [0.1, 0.15) is 31.1 Å². The predicted octanol–water partition coefficient (Wildman–Crippen LogP) is 3.06. The van der Waals surface area contributed by atoms with E-state index in [9.17, 15) is 25.2 Å². The van der Waals surface area contributed by atoms with Crippen LogP contribution in [0.2, 0.25) is 0 Å². The summed E-state index contributed by atoms with van der Waals surface area (Å²) in [4.78, 5) is 13.2. The smallest absolute Gasteiger partial charge is 0.344 e. The fourth-order valence-corrected chi connectivity index (χ4v) is 5.14. The van der Waals surface area contributed by atoms with Crippen molar-refractivity contribution in [2.75, 3.05) is 14.2 Å². The van der Waals surface area contributed by atoms with Gasteiger partial charge in [-0.15, -0.1) is 0 Å². The van der Waals surface area contributed by atoms with Crippen molar-refractivity contribution in [1.29, 1.82) is 0 Å². The van der Waals surface area contributed by atoms with Gasteiger partial charge in [0.05, 0.1) is 31.1 Å². The van der Waals surface area contributed by atoms with E-state index in [1.54, 1.807) is 25.1 Å². The summed E-state index contributed by atoms with van der Waals surface area (Å²) in [5.41, 5.74) is -1.02. The number of fused-ring (bicyclic) bond motifs is 5. The Morgan fingerprint density at radius 3 is 2.31 bits per heavy atom. The number of aryl methyl sites for hydroxylation is 1. The second-order valence-corrected chi connectivity index (χ2v) is 9.52. The Hall–Kier alpha value is -3.37. The molecule has 3 aromatic carbocycles. The van der Waals surface area contributed by atoms with Crippen molar-refractivity contribution >= 4 is 32.5 Å². The van der Waals surface area contributed by atoms with Crippen LogP contribution in [0.25, 0.3) is 32.5 Å². The van der Waals surface area contributed by atoms with Crippen LogP contribution in [0, 0.1) is 6.92 Å². The Morgan fingerprint density at radius 1 is 0.972 bits per heavy atom. The number of benzene rings is 3. The SMILES string of the molecule is COc1cc2c(oc(=O)c3cc(C)cc(OC)c32)c2c([C@H]3O[C@H](C)[C@](C)(O)[C@H](O)[C@@H]3O)ccc(O)c12. The molecule has 9 nitrogen and oxygen atoms in total. The number of hydrogen-bond donors (Lipinski definition) is 4. The summed E-state index contributed by atoms with van der Waals surface area (Å²) in [5.74, 6) is 0.609. The summed E-state index contributed by atoms with van der Waals surface area (Å²) in [7, 11) is 2.95. The van der Waals surface area contributed by atoms with Gasteiger partial charge in [-0.25, -0.2) is 4.79 Å². The first kappa shape index (κ1) is 24.3. The summed E-state index contributed by atoms with van der Waals surface area (Å²) in [6, 6.07) is 8.10. The minimum absolute atomic E-state index is 0.131. The first-order valence-corrected chi connectivity index (χ1v) is 11.5. The van der Waals surface area contributed by atoms with Crippen LogP contribution in [0.5, 0.6) is 17.2 Å². The molecule has 0 radical (unpaired) electrons. The van der Waals surface area contributed by atoms with Gasteiger partial charge < -0.3 is 39.1 Å². The van der Waals surface area contributed by atoms with Gasteiger partial charge in [-0.3, -0.25) is 0 Å². The molecular formula is C27H28O9. The number of hydrogen-bond acceptors (Lipinski definition) is 9. The summed E-state index contributed by atoms with van der Waals surface area (Å²) in [5, 5.41) is 44.9. The fourth-order valence-electron chi connectivity index (χ4n) is 5.14. The van der Waals surface area contributed by atoms with Gasteiger partial charge in [0.15, 0.2) is 0 Å². The minimum atomic E-state index is -1.70. The highest BCUT2D eigenvalue weighted by Crippen LogP contribution is 2.47. The maximum Gasteiger partial charge on any atom is 0.344 e. The van der Waals surface area contributed by atoms with Crippen LogP contribution in [0.15, 0.2) is 39.5 Å². The number of phenols is 1. The molecule has 0 spiro atoms. The van der Waals surface area contributed by atoms with Crippen molar-refractivity contribution in [1.82, 2.24) is 0 Å². The molecule has 4 N–H and O–H groups in total. The van der Waals surface area contributed by atoms with Crippen molar-refractivity contribution in [2.24, 2.45) is 0 Å². The molecule has 1 saturated heterocycles. The van der Waals surface area contributed by atoms with E-state index < -0.39 is 35.6 Å². The lowest BCUT2D eigenvalue weighted by atomic mass is 9.81. The Labute approximate surface area is 206 Å². The van der Waals surface area contributed by atoms with E-state index in [4.69, 9.17) is 18.6 Å². The van der Waals surface area contributed by atoms with Crippen LogP contribution in [0.4, 0.5) is 0 Å². The van der Waals surface area contributed by atoms with E-state index >= 15 is 0 Å². The minimum Gasteiger partial charge on any atom is -0.507 e. The van der Waals surface area contributed by atoms with E-state index in [-0.39, 0.29) is 22.1 Å². The van der Waals surface area contributed by atoms with Gasteiger partial charge in [0.1, 0.15) is 46.7 Å². The highest BCUT2D eigenvalue weighted by atomic mass is 16.5. The molecule has 4 aromatic rings. The van der Waals surface area contributed by atoms with E-state index in [0.717, 1.165) is 5.56 Å². The maximum atomic E-state index is 13.2. The predicted molar refractivity (Wildman–Crippen MR) is 133 cm³/mol. The van der Waals surface area contributed by atoms with Crippen molar-refractivity contribution < 1.29 is 39.1 Å². The zero-order valence-corrected chi connectivity index (χ0v) is 20.5. The standard InChI is InChI=1S/C27H28O9/c1-11-8-15-19(17(9-11)33-4)14-10-18(34-5)21-16(28)7-6-13(20(21)23(14)36-26(15)31)24-22(29)25(30)27(3,32)12(2)35-24/h6-10,12,22,24-25,28-30,32H,1-5H3/t12-,22-,24-,25-,27+/m1/s1. The average molecular weight is 497 g/mol. The molecule has 190 valence electrons. The van der Waals surface area contributed by atoms with E-state index in [2.05, 4.69) is 0 Å². The van der Waals surface area contributed by atoms with Crippen LogP contribution in [0.3, 0.4) is 0 Å². The maximum absolute atomic E-state index is 13.2. The Kier molecular flexibility index (Phi) is 5.64. The number of rotatable bonds is 3. The molecule has 0 amide bonds. The molecular weight excluding hydrogens is 468 g/mol. The monoisotopic (exact) mass is 496 g/mol. The highest BCUT2D eigenvalue weighted by molar-refractivity contribution is 6.19. The summed E-state index contributed by atoms with van der Waals surface area (Å²) < 4.78 is 23.0. The molecule has 2 heterocycles. The van der Waals surface area contributed by atoms with Gasteiger partial charge in [0.25, 0.3) is 0 Å². The molecule has 1 fully saturated rings. The van der Waals surface area contributed by atoms with Gasteiger partial charge in [0, 0.05) is 16.2 Å². The fraction of sp³-hybridized carbons (Fsp3) is 0.370. The summed E-state index contributed by atoms with van der Waals surface area (Å²) in [6.45, 7) is 4.81. The van der Waals surface area contributed by atoms with Crippen molar-refractivity contribution in [3.05, 3.63) is 51.9 Å². The van der Waals surface area contributed by atoms with E-state index in [1.807, 2.05) is 6.92 Å². The number of phenolic OH excluding ortho intramolecular Hbond substituents is 1. The van der Waals surface area contributed by atoms with E-state index in [0.29, 0.717) is 33.2 Å². The first-order valence-electron chi connectivity index (χ1n) is 11.5. The second kappa shape index (κ2) is 8.35. The lowest BCUT2D eigenvalue weighted by Gasteiger charge is -2.46. The Morgan fingerprint density at radius 2 is 1.64 bits per heavy atom. The van der Waals surface area contributed by atoms with Gasteiger partial charge in [-0.05, 0) is 56.2 Å². The highest BCUT2D eigenvalue weighted by Gasteiger charge is 2.50. The molecule has 36 heavy (non-hydrogen) atoms. The van der Waals surface area contributed by atoms with Crippen LogP contribution >= 0.6 is 0 Å². The molecule has 5 rings (SSSR count). The molecule has 0 unspecified atom stereocenters. The lowest BCUT2D eigenvalue weighted by molar-refractivity contribution is -0.260. The number of aliphatic hydroxyl groups excluding tert-OH is 2. The Balaban J connectivity index is 1.96. The summed E-state index contributed by atoms with van der Waals surface area (Å²) in [6.07, 6.45) is -5.01. The summed E-state index contributed by atoms with van der Waals surface area (Å²) >= 11 is 0. The normalized spacial score (nSPS) is 26.6. The molecule has 5 atom stereocenters. The third-order valence-corrected chi connectivity index (χ3v) is 7.29. The molecule has 1 aliphatic heterocycles.